The van der Waals surface area contributed by atoms with Gasteiger partial charge in [-0.05, 0) is 130 Å². The summed E-state index contributed by atoms with van der Waals surface area (Å²) in [5, 5.41) is 36.3. The third-order valence-electron chi connectivity index (χ3n) is 15.5. The Morgan fingerprint density at radius 3 is 1.87 bits per heavy atom. The summed E-state index contributed by atoms with van der Waals surface area (Å²) in [5.41, 5.74) is 2.48. The van der Waals surface area contributed by atoms with Gasteiger partial charge in [-0.15, -0.1) is 0 Å². The van der Waals surface area contributed by atoms with Gasteiger partial charge in [-0.25, -0.2) is 4.79 Å². The molecule has 0 heterocycles. The minimum atomic E-state index is -1.23. The Morgan fingerprint density at radius 2 is 1.31 bits per heavy atom. The van der Waals surface area contributed by atoms with Gasteiger partial charge in [0.05, 0.1) is 12.0 Å². The zero-order valence-electron chi connectivity index (χ0n) is 38.1. The third kappa shape index (κ3) is 15.0. The Balaban J connectivity index is 0.00000181. The molecule has 6 nitrogen and oxygen atoms in total. The van der Waals surface area contributed by atoms with Crippen molar-refractivity contribution in [3.05, 3.63) is 11.6 Å². The van der Waals surface area contributed by atoms with Crippen molar-refractivity contribution in [2.75, 3.05) is 0 Å². The van der Waals surface area contributed by atoms with E-state index in [9.17, 15) is 19.8 Å². The average molecular weight is 783 g/mol. The van der Waals surface area contributed by atoms with Gasteiger partial charge in [-0.2, -0.15) is 0 Å². The predicted molar refractivity (Wildman–Crippen MR) is 224 cm³/mol. The van der Waals surface area contributed by atoms with Gasteiger partial charge in [0.2, 0.25) is 0 Å². The molecular formula is C48H87NaO6. The van der Waals surface area contributed by atoms with Crippen LogP contribution in [-0.4, -0.2) is 44.6 Å². The van der Waals surface area contributed by atoms with E-state index in [4.69, 9.17) is 10.2 Å². The molecule has 0 amide bonds. The van der Waals surface area contributed by atoms with Gasteiger partial charge in [0.15, 0.2) is 0 Å². The summed E-state index contributed by atoms with van der Waals surface area (Å²) in [4.78, 5) is 22.0. The molecule has 7 heteroatoms. The monoisotopic (exact) mass is 783 g/mol. The van der Waals surface area contributed by atoms with Crippen molar-refractivity contribution in [2.24, 2.45) is 58.2 Å². The molecule has 3 saturated carbocycles. The van der Waals surface area contributed by atoms with Crippen molar-refractivity contribution < 1.29 is 61.0 Å². The van der Waals surface area contributed by atoms with Crippen LogP contribution in [0.1, 0.15) is 210 Å². The third-order valence-corrected chi connectivity index (χ3v) is 15.5. The van der Waals surface area contributed by atoms with E-state index in [1.54, 1.807) is 5.57 Å². The smallest absolute Gasteiger partial charge is 1.00 e. The molecule has 3 unspecified atom stereocenters. The Morgan fingerprint density at radius 1 is 0.727 bits per heavy atom. The van der Waals surface area contributed by atoms with Crippen LogP contribution in [0, 0.1) is 58.2 Å². The second-order valence-electron chi connectivity index (χ2n) is 19.8. The van der Waals surface area contributed by atoms with Gasteiger partial charge in [0.25, 0.3) is 0 Å². The fourth-order valence-corrected chi connectivity index (χ4v) is 12.2. The molecular weight excluding hydrogens is 696 g/mol. The molecule has 55 heavy (non-hydrogen) atoms. The SMILES string of the molecule is CC(O)C(=O)O.CCCCCCC(O)CCCCCCCCCC(C(=O)O)[C@H]1CC[C@@]2(C)C(=CC[C@H]3[C@@H]4CC[C@H]([C@H](C)CCCC(C)C)[C@@]4(C)CC[C@@H]32)C1.[H-].[Na+]. The van der Waals surface area contributed by atoms with Crippen LogP contribution in [0.25, 0.3) is 0 Å². The maximum absolute atomic E-state index is 12.6. The summed E-state index contributed by atoms with van der Waals surface area (Å²) in [6.45, 7) is 16.0. The topological polar surface area (TPSA) is 115 Å². The summed E-state index contributed by atoms with van der Waals surface area (Å²) < 4.78 is 0. The molecule has 316 valence electrons. The second kappa shape index (κ2) is 25.3. The number of aliphatic carboxylic acids is 2. The van der Waals surface area contributed by atoms with Gasteiger partial charge in [0, 0.05) is 0 Å². The number of unbranched alkanes of at least 4 members (excludes halogenated alkanes) is 9. The second-order valence-corrected chi connectivity index (χ2v) is 19.8. The number of aliphatic hydroxyl groups is 2. The standard InChI is InChI=1S/C45H80O3.C3H6O3.Na.H/c1-7-8-9-15-21-37(46)22-16-13-11-10-12-14-17-23-38(43(47)48)35-28-30-44(5)36(32-35)24-25-39-41-27-26-40(34(4)20-18-19-33(2)3)45(41,6)31-29-42(39)44;1-2(4)3(5)6;;/h24,33-35,37-42,46H,7-23,25-32H2,1-6H3,(H,47,48);2,4H,1H3,(H,5,6);;/q;;+1;-1/t34-,35+,37?,38?,39+,40-,41+,42+,44+,45-;;;/m1.../s1. The first kappa shape index (κ1) is 50.7. The van der Waals surface area contributed by atoms with Crippen LogP contribution >= 0.6 is 0 Å². The Labute approximate surface area is 362 Å². The van der Waals surface area contributed by atoms with E-state index in [1.807, 2.05) is 0 Å². The van der Waals surface area contributed by atoms with Crippen molar-refractivity contribution in [1.29, 1.82) is 0 Å². The van der Waals surface area contributed by atoms with E-state index in [2.05, 4.69) is 47.6 Å². The minimum absolute atomic E-state index is 0. The zero-order valence-corrected chi connectivity index (χ0v) is 39.1. The van der Waals surface area contributed by atoms with Gasteiger partial charge < -0.3 is 21.9 Å². The first-order valence-electron chi connectivity index (χ1n) is 23.2. The van der Waals surface area contributed by atoms with Gasteiger partial charge >= 0.3 is 41.5 Å². The Kier molecular flexibility index (Phi) is 23.3. The number of hydrogen-bond donors (Lipinski definition) is 4. The quantitative estimate of drug-likeness (QED) is 0.0466. The molecule has 4 aliphatic carbocycles. The van der Waals surface area contributed by atoms with Gasteiger partial charge in [-0.3, -0.25) is 4.79 Å². The molecule has 4 rings (SSSR count). The van der Waals surface area contributed by atoms with Crippen LogP contribution < -0.4 is 29.6 Å². The van der Waals surface area contributed by atoms with Crippen molar-refractivity contribution >= 4 is 11.9 Å². The number of carbonyl (C=O) groups is 2. The molecule has 0 spiro atoms. The summed E-state index contributed by atoms with van der Waals surface area (Å²) in [6, 6.07) is 0. The molecule has 0 aromatic heterocycles. The van der Waals surface area contributed by atoms with Crippen LogP contribution in [0.3, 0.4) is 0 Å². The van der Waals surface area contributed by atoms with Gasteiger partial charge in [0.1, 0.15) is 6.10 Å². The molecule has 0 bridgehead atoms. The van der Waals surface area contributed by atoms with E-state index >= 15 is 0 Å². The van der Waals surface area contributed by atoms with E-state index in [0.717, 1.165) is 86.9 Å². The van der Waals surface area contributed by atoms with Crippen LogP contribution in [0.4, 0.5) is 0 Å². The van der Waals surface area contributed by atoms with Crippen LogP contribution in [0.15, 0.2) is 11.6 Å². The molecule has 0 aromatic carbocycles. The Bertz CT molecular complexity index is 1140. The number of allylic oxidation sites excluding steroid dienone is 2. The molecule has 4 aliphatic rings. The molecule has 0 saturated heterocycles. The minimum Gasteiger partial charge on any atom is -1.00 e. The normalized spacial score (nSPS) is 30.7. The molecule has 11 atom stereocenters. The fourth-order valence-electron chi connectivity index (χ4n) is 12.2. The molecule has 0 aromatic rings. The summed E-state index contributed by atoms with van der Waals surface area (Å²) in [7, 11) is 0. The first-order valence-corrected chi connectivity index (χ1v) is 23.2. The number of aliphatic hydroxyl groups excluding tert-OH is 2. The summed E-state index contributed by atoms with van der Waals surface area (Å²) in [5.74, 6) is 3.56. The molecule has 0 radical (unpaired) electrons. The van der Waals surface area contributed by atoms with E-state index in [1.165, 1.54) is 116 Å². The number of carboxylic acid groups (broad SMARTS) is 2. The first-order chi connectivity index (χ1) is 25.6. The molecule has 0 aliphatic heterocycles. The van der Waals surface area contributed by atoms with Crippen LogP contribution in [-0.2, 0) is 9.59 Å². The summed E-state index contributed by atoms with van der Waals surface area (Å²) >= 11 is 0. The largest absolute Gasteiger partial charge is 1.00 e. The van der Waals surface area contributed by atoms with Crippen LogP contribution in [0.5, 0.6) is 0 Å². The predicted octanol–water partition coefficient (Wildman–Crippen LogP) is 9.76. The number of carboxylic acids is 2. The van der Waals surface area contributed by atoms with Crippen molar-refractivity contribution in [1.82, 2.24) is 0 Å². The number of rotatable bonds is 23. The van der Waals surface area contributed by atoms with E-state index < -0.39 is 18.0 Å². The van der Waals surface area contributed by atoms with Crippen LogP contribution in [0.2, 0.25) is 0 Å². The maximum Gasteiger partial charge on any atom is 1.00 e. The number of fused-ring (bicyclic) bond motifs is 5. The maximum atomic E-state index is 12.6. The average Bonchev–Trinajstić information content (AvgIpc) is 3.48. The molecule has 4 N–H and O–H groups in total. The van der Waals surface area contributed by atoms with Crippen molar-refractivity contribution in [3.8, 4) is 0 Å². The van der Waals surface area contributed by atoms with E-state index in [-0.39, 0.29) is 43.0 Å². The Hall–Kier alpha value is -0.400. The van der Waals surface area contributed by atoms with E-state index in [0.29, 0.717) is 16.7 Å². The van der Waals surface area contributed by atoms with Gasteiger partial charge in [-0.1, -0.05) is 143 Å². The fraction of sp³-hybridized carbons (Fsp3) is 0.917. The van der Waals surface area contributed by atoms with Crippen molar-refractivity contribution in [3.63, 3.8) is 0 Å². The molecule has 3 fully saturated rings. The number of hydrogen-bond acceptors (Lipinski definition) is 4. The summed E-state index contributed by atoms with van der Waals surface area (Å²) in [6.07, 6.45) is 31.9. The van der Waals surface area contributed by atoms with Crippen molar-refractivity contribution in [2.45, 2.75) is 221 Å². The zero-order chi connectivity index (χ0) is 39.9.